The van der Waals surface area contributed by atoms with Crippen LogP contribution in [-0.4, -0.2) is 18.0 Å². The van der Waals surface area contributed by atoms with Gasteiger partial charge in [0.2, 0.25) is 0 Å². The summed E-state index contributed by atoms with van der Waals surface area (Å²) < 4.78 is 26.1. The molecule has 0 fully saturated rings. The van der Waals surface area contributed by atoms with Crippen molar-refractivity contribution >= 4 is 33.6 Å². The summed E-state index contributed by atoms with van der Waals surface area (Å²) in [5.41, 5.74) is 0. The number of fused-ring (bicyclic) bond motifs is 2. The number of benzene rings is 2. The predicted molar refractivity (Wildman–Crippen MR) is 63.3 cm³/mol. The molecule has 1 heterocycles. The average molecular weight is 295 g/mol. The molecule has 0 atom stereocenters. The van der Waals surface area contributed by atoms with E-state index in [0.29, 0.717) is 9.79 Å². The summed E-state index contributed by atoms with van der Waals surface area (Å²) in [7, 11) is -1.18. The van der Waals surface area contributed by atoms with Crippen molar-refractivity contribution in [2.45, 2.75) is 9.79 Å². The summed E-state index contributed by atoms with van der Waals surface area (Å²) in [4.78, 5) is 1.42. The van der Waals surface area contributed by atoms with Gasteiger partial charge in [0.05, 0.1) is 0 Å². The Morgan fingerprint density at radius 2 is 1.25 bits per heavy atom. The van der Waals surface area contributed by atoms with Crippen molar-refractivity contribution in [3.8, 4) is 0 Å². The quantitative estimate of drug-likeness (QED) is 0.572. The van der Waals surface area contributed by atoms with Crippen LogP contribution in [0.5, 0.6) is 0 Å². The molecule has 2 aromatic carbocycles. The van der Waals surface area contributed by atoms with Crippen LogP contribution < -0.4 is 8.92 Å². The Balaban J connectivity index is 2.35. The fraction of sp³-hybridized carbons (Fsp3) is 0. The molecule has 3 rings (SSSR count). The van der Waals surface area contributed by atoms with Gasteiger partial charge in [-0.15, -0.1) is 0 Å². The molecule has 0 spiro atoms. The Bertz CT molecular complexity index is 516. The van der Waals surface area contributed by atoms with E-state index in [1.807, 2.05) is 36.4 Å². The number of hydrogen-bond acceptors (Lipinski definition) is 2. The minimum absolute atomic E-state index is 0.709. The van der Waals surface area contributed by atoms with Crippen LogP contribution in [0.4, 0.5) is 0 Å². The van der Waals surface area contributed by atoms with E-state index < -0.39 is 24.6 Å². The zero-order chi connectivity index (χ0) is 11.1. The van der Waals surface area contributed by atoms with E-state index >= 15 is 0 Å². The summed E-state index contributed by atoms with van der Waals surface area (Å²) in [6, 6.07) is 14.6. The summed E-state index contributed by atoms with van der Waals surface area (Å²) >= 11 is -2.23. The van der Waals surface area contributed by atoms with E-state index in [2.05, 4.69) is 0 Å². The summed E-state index contributed by atoms with van der Waals surface area (Å²) in [6.07, 6.45) is 0. The van der Waals surface area contributed by atoms with E-state index in [0.717, 1.165) is 8.92 Å². The van der Waals surface area contributed by atoms with Gasteiger partial charge in [0, 0.05) is 0 Å². The van der Waals surface area contributed by atoms with Crippen LogP contribution in [0.15, 0.2) is 58.3 Å². The van der Waals surface area contributed by atoms with Gasteiger partial charge in [0.25, 0.3) is 0 Å². The maximum atomic E-state index is 12.3. The molecular formula is C12H8O2SSe. The molecule has 2 aromatic rings. The standard InChI is InChI=1S/C12H8O2SSe/c13-15-9-5-1-3-7-11(9)16(14)12-8-4-2-6-10(12)15/h1-8H. The molecule has 0 radical (unpaired) electrons. The first-order chi connectivity index (χ1) is 7.79. The van der Waals surface area contributed by atoms with E-state index in [1.54, 1.807) is 12.1 Å². The van der Waals surface area contributed by atoms with Crippen molar-refractivity contribution in [1.29, 1.82) is 0 Å². The van der Waals surface area contributed by atoms with Gasteiger partial charge in [-0.1, -0.05) is 0 Å². The number of rotatable bonds is 0. The third-order valence-corrected chi connectivity index (χ3v) is 7.76. The van der Waals surface area contributed by atoms with Gasteiger partial charge in [-0.3, -0.25) is 0 Å². The molecule has 0 saturated carbocycles. The maximum absolute atomic E-state index is 12.3. The van der Waals surface area contributed by atoms with Crippen molar-refractivity contribution < 1.29 is 8.04 Å². The first kappa shape index (κ1) is 10.1. The van der Waals surface area contributed by atoms with Gasteiger partial charge in [-0.05, 0) is 0 Å². The van der Waals surface area contributed by atoms with E-state index in [-0.39, 0.29) is 0 Å². The Morgan fingerprint density at radius 3 is 1.75 bits per heavy atom. The van der Waals surface area contributed by atoms with Crippen LogP contribution in [0, 0.1) is 0 Å². The van der Waals surface area contributed by atoms with Crippen molar-refractivity contribution in [3.05, 3.63) is 48.5 Å². The van der Waals surface area contributed by atoms with Crippen LogP contribution in [0.1, 0.15) is 0 Å². The molecule has 0 saturated heterocycles. The Kier molecular flexibility index (Phi) is 2.36. The fourth-order valence-electron chi connectivity index (χ4n) is 1.75. The molecule has 1 aliphatic heterocycles. The van der Waals surface area contributed by atoms with Gasteiger partial charge >= 0.3 is 99.9 Å². The van der Waals surface area contributed by atoms with Crippen LogP contribution in [0.3, 0.4) is 0 Å². The molecule has 0 unspecified atom stereocenters. The predicted octanol–water partition coefficient (Wildman–Crippen LogP) is 0.703. The molecule has 2 nitrogen and oxygen atoms in total. The third kappa shape index (κ3) is 1.34. The van der Waals surface area contributed by atoms with Crippen LogP contribution >= 0.6 is 0 Å². The molecular weight excluding hydrogens is 287 g/mol. The Labute approximate surface area is 99.9 Å². The van der Waals surface area contributed by atoms with Crippen molar-refractivity contribution in [2.24, 2.45) is 0 Å². The van der Waals surface area contributed by atoms with Crippen molar-refractivity contribution in [2.75, 3.05) is 0 Å². The average Bonchev–Trinajstić information content (AvgIpc) is 2.36. The SMILES string of the molecule is O=S1c2ccccc2[Se](=O)c2ccccc21. The topological polar surface area (TPSA) is 34.1 Å². The van der Waals surface area contributed by atoms with E-state index in [1.165, 1.54) is 0 Å². The van der Waals surface area contributed by atoms with Gasteiger partial charge < -0.3 is 0 Å². The molecule has 0 N–H and O–H groups in total. The van der Waals surface area contributed by atoms with Crippen LogP contribution in [0.25, 0.3) is 0 Å². The van der Waals surface area contributed by atoms with E-state index in [9.17, 15) is 8.04 Å². The minimum atomic E-state index is -2.23. The van der Waals surface area contributed by atoms with Gasteiger partial charge in [0.1, 0.15) is 0 Å². The van der Waals surface area contributed by atoms with Gasteiger partial charge in [-0.2, -0.15) is 0 Å². The molecule has 16 heavy (non-hydrogen) atoms. The monoisotopic (exact) mass is 296 g/mol. The first-order valence-corrected chi connectivity index (χ1v) is 8.37. The summed E-state index contributed by atoms with van der Waals surface area (Å²) in [6.45, 7) is 0. The zero-order valence-corrected chi connectivity index (χ0v) is 10.8. The van der Waals surface area contributed by atoms with Crippen molar-refractivity contribution in [3.63, 3.8) is 0 Å². The number of hydrogen-bond donors (Lipinski definition) is 0. The third-order valence-electron chi connectivity index (χ3n) is 2.50. The second-order valence-electron chi connectivity index (χ2n) is 3.43. The van der Waals surface area contributed by atoms with Crippen molar-refractivity contribution in [1.82, 2.24) is 0 Å². The summed E-state index contributed by atoms with van der Waals surface area (Å²) in [5, 5.41) is 0. The van der Waals surface area contributed by atoms with Gasteiger partial charge in [0.15, 0.2) is 0 Å². The first-order valence-electron chi connectivity index (χ1n) is 4.80. The zero-order valence-electron chi connectivity index (χ0n) is 8.25. The molecule has 0 aliphatic carbocycles. The summed E-state index contributed by atoms with van der Waals surface area (Å²) in [5.74, 6) is 0. The Morgan fingerprint density at radius 1 is 0.812 bits per heavy atom. The van der Waals surface area contributed by atoms with Gasteiger partial charge in [-0.25, -0.2) is 0 Å². The fourth-order valence-corrected chi connectivity index (χ4v) is 7.03. The normalized spacial score (nSPS) is 22.2. The Hall–Kier alpha value is -1.09. The molecule has 80 valence electrons. The second-order valence-corrected chi connectivity index (χ2v) is 7.82. The molecule has 1 aliphatic rings. The van der Waals surface area contributed by atoms with E-state index in [4.69, 9.17) is 0 Å². The van der Waals surface area contributed by atoms with Crippen LogP contribution in [0.2, 0.25) is 0 Å². The molecule has 0 bridgehead atoms. The molecule has 4 heteroatoms. The van der Waals surface area contributed by atoms with Crippen LogP contribution in [-0.2, 0) is 14.6 Å². The molecule has 0 aromatic heterocycles. The molecule has 0 amide bonds. The second kappa shape index (κ2) is 3.74.